The lowest BCUT2D eigenvalue weighted by Gasteiger charge is -2.12. The minimum absolute atomic E-state index is 0.457. The highest BCUT2D eigenvalue weighted by molar-refractivity contribution is 9.10. The van der Waals surface area contributed by atoms with Gasteiger partial charge in [-0.2, -0.15) is 13.2 Å². The van der Waals surface area contributed by atoms with Crippen molar-refractivity contribution in [3.05, 3.63) is 28.2 Å². The number of halogens is 4. The summed E-state index contributed by atoms with van der Waals surface area (Å²) in [6.07, 6.45) is -4.41. The van der Waals surface area contributed by atoms with Crippen LogP contribution in [0.15, 0.2) is 22.7 Å². The lowest BCUT2D eigenvalue weighted by atomic mass is 10.2. The summed E-state index contributed by atoms with van der Waals surface area (Å²) in [5, 5.41) is 4.07. The molecule has 0 aliphatic carbocycles. The molecule has 1 aromatic rings. The molecule has 0 aliphatic rings. The zero-order chi connectivity index (χ0) is 13.1. The van der Waals surface area contributed by atoms with Crippen molar-refractivity contribution in [1.82, 2.24) is 5.32 Å². The van der Waals surface area contributed by atoms with Gasteiger partial charge >= 0.3 is 12.2 Å². The summed E-state index contributed by atoms with van der Waals surface area (Å²) >= 11 is 3.26. The molecule has 0 aromatic heterocycles. The fraction of sp³-hybridized carbons (Fsp3) is 0.300. The fourth-order valence-electron chi connectivity index (χ4n) is 1.09. The Morgan fingerprint density at radius 2 is 2.06 bits per heavy atom. The predicted molar refractivity (Wildman–Crippen MR) is 62.0 cm³/mol. The molecule has 0 unspecified atom stereocenters. The molecule has 0 bridgehead atoms. The molecule has 1 rings (SSSR count). The van der Waals surface area contributed by atoms with Crippen LogP contribution in [0.1, 0.15) is 5.56 Å². The Bertz CT molecular complexity index is 421. The summed E-state index contributed by atoms with van der Waals surface area (Å²) in [4.78, 5) is 11.2. The van der Waals surface area contributed by atoms with Gasteiger partial charge in [-0.1, -0.05) is 22.0 Å². The summed E-state index contributed by atoms with van der Waals surface area (Å²) in [5.41, 5.74) is 1.20. The molecule has 0 heterocycles. The number of anilines is 1. The average Bonchev–Trinajstić information content (AvgIpc) is 2.21. The Morgan fingerprint density at radius 1 is 1.41 bits per heavy atom. The lowest BCUT2D eigenvalue weighted by molar-refractivity contribution is -0.122. The second kappa shape index (κ2) is 5.39. The molecule has 17 heavy (non-hydrogen) atoms. The standard InChI is InChI=1S/C10H10BrF3N2O/c1-6-7(11)3-2-4-8(6)16-9(17)15-5-10(12,13)14/h2-4H,5H2,1H3,(H2,15,16,17). The largest absolute Gasteiger partial charge is 0.405 e. The molecule has 0 spiro atoms. The molecule has 7 heteroatoms. The van der Waals surface area contributed by atoms with Crippen LogP contribution >= 0.6 is 15.9 Å². The first-order valence-corrected chi connectivity index (χ1v) is 5.45. The predicted octanol–water partition coefficient (Wildman–Crippen LogP) is 3.44. The Labute approximate surface area is 105 Å². The minimum Gasteiger partial charge on any atom is -0.329 e. The van der Waals surface area contributed by atoms with Gasteiger partial charge in [0.1, 0.15) is 6.54 Å². The van der Waals surface area contributed by atoms with E-state index in [0.29, 0.717) is 5.69 Å². The summed E-state index contributed by atoms with van der Waals surface area (Å²) in [7, 11) is 0. The van der Waals surface area contributed by atoms with Crippen LogP contribution in [-0.4, -0.2) is 18.8 Å². The number of carbonyl (C=O) groups is 1. The van der Waals surface area contributed by atoms with E-state index in [1.165, 1.54) is 0 Å². The van der Waals surface area contributed by atoms with Gasteiger partial charge in [0.2, 0.25) is 0 Å². The molecule has 0 fully saturated rings. The van der Waals surface area contributed by atoms with E-state index in [1.54, 1.807) is 30.4 Å². The topological polar surface area (TPSA) is 41.1 Å². The van der Waals surface area contributed by atoms with Crippen LogP contribution in [0.3, 0.4) is 0 Å². The van der Waals surface area contributed by atoms with Gasteiger partial charge in [0.15, 0.2) is 0 Å². The first-order chi connectivity index (χ1) is 7.79. The van der Waals surface area contributed by atoms with Crippen LogP contribution in [0.25, 0.3) is 0 Å². The number of rotatable bonds is 2. The maximum atomic E-state index is 11.8. The molecule has 0 atom stereocenters. The number of nitrogens with one attached hydrogen (secondary N) is 2. The molecule has 0 saturated heterocycles. The third kappa shape index (κ3) is 4.64. The Hall–Kier alpha value is -1.24. The number of alkyl halides is 3. The van der Waals surface area contributed by atoms with Gasteiger partial charge in [0, 0.05) is 10.2 Å². The SMILES string of the molecule is Cc1c(Br)cccc1NC(=O)NCC(F)(F)F. The summed E-state index contributed by atoms with van der Waals surface area (Å²) in [6.45, 7) is 0.384. The normalized spacial score (nSPS) is 11.1. The van der Waals surface area contributed by atoms with E-state index >= 15 is 0 Å². The monoisotopic (exact) mass is 310 g/mol. The van der Waals surface area contributed by atoms with Gasteiger partial charge < -0.3 is 10.6 Å². The number of hydrogen-bond acceptors (Lipinski definition) is 1. The first kappa shape index (κ1) is 13.8. The fourth-order valence-corrected chi connectivity index (χ4v) is 1.46. The second-order valence-electron chi connectivity index (χ2n) is 3.34. The van der Waals surface area contributed by atoms with Gasteiger partial charge in [-0.25, -0.2) is 4.79 Å². The van der Waals surface area contributed by atoms with Gasteiger partial charge in [-0.15, -0.1) is 0 Å². The highest BCUT2D eigenvalue weighted by Gasteiger charge is 2.27. The van der Waals surface area contributed by atoms with Crippen molar-refractivity contribution in [2.75, 3.05) is 11.9 Å². The molecule has 2 amide bonds. The third-order valence-corrected chi connectivity index (χ3v) is 2.82. The van der Waals surface area contributed by atoms with Crippen molar-refractivity contribution in [3.8, 4) is 0 Å². The number of hydrogen-bond donors (Lipinski definition) is 2. The molecule has 0 aliphatic heterocycles. The molecule has 94 valence electrons. The lowest BCUT2D eigenvalue weighted by Crippen LogP contribution is -2.36. The van der Waals surface area contributed by atoms with Crippen molar-refractivity contribution >= 4 is 27.6 Å². The Kier molecular flexibility index (Phi) is 4.39. The zero-order valence-electron chi connectivity index (χ0n) is 8.86. The van der Waals surface area contributed by atoms with Crippen molar-refractivity contribution in [2.24, 2.45) is 0 Å². The molecule has 3 nitrogen and oxygen atoms in total. The van der Waals surface area contributed by atoms with Gasteiger partial charge in [-0.05, 0) is 24.6 Å². The molecule has 1 aromatic carbocycles. The average molecular weight is 311 g/mol. The van der Waals surface area contributed by atoms with E-state index in [9.17, 15) is 18.0 Å². The smallest absolute Gasteiger partial charge is 0.329 e. The second-order valence-corrected chi connectivity index (χ2v) is 4.19. The first-order valence-electron chi connectivity index (χ1n) is 4.66. The van der Waals surface area contributed by atoms with Crippen molar-refractivity contribution < 1.29 is 18.0 Å². The maximum Gasteiger partial charge on any atom is 0.405 e. The Balaban J connectivity index is 2.60. The van der Waals surface area contributed by atoms with Gasteiger partial charge in [0.05, 0.1) is 0 Å². The van der Waals surface area contributed by atoms with Crippen LogP contribution in [0.5, 0.6) is 0 Å². The highest BCUT2D eigenvalue weighted by atomic mass is 79.9. The quantitative estimate of drug-likeness (QED) is 0.863. The molecule has 2 N–H and O–H groups in total. The van der Waals surface area contributed by atoms with E-state index < -0.39 is 18.8 Å². The van der Waals surface area contributed by atoms with Crippen molar-refractivity contribution in [2.45, 2.75) is 13.1 Å². The maximum absolute atomic E-state index is 11.8. The van der Waals surface area contributed by atoms with E-state index in [2.05, 4.69) is 21.2 Å². The number of benzene rings is 1. The van der Waals surface area contributed by atoms with Crippen LogP contribution in [-0.2, 0) is 0 Å². The van der Waals surface area contributed by atoms with Crippen LogP contribution in [0.4, 0.5) is 23.7 Å². The number of carbonyl (C=O) groups excluding carboxylic acids is 1. The third-order valence-electron chi connectivity index (χ3n) is 1.97. The Morgan fingerprint density at radius 3 is 2.65 bits per heavy atom. The van der Waals surface area contributed by atoms with Crippen LogP contribution in [0, 0.1) is 6.92 Å². The van der Waals surface area contributed by atoms with E-state index in [0.717, 1.165) is 10.0 Å². The van der Waals surface area contributed by atoms with E-state index in [4.69, 9.17) is 0 Å². The summed E-state index contributed by atoms with van der Waals surface area (Å²) < 4.78 is 36.3. The van der Waals surface area contributed by atoms with Crippen molar-refractivity contribution in [3.63, 3.8) is 0 Å². The highest BCUT2D eigenvalue weighted by Crippen LogP contribution is 2.23. The molecular weight excluding hydrogens is 301 g/mol. The van der Waals surface area contributed by atoms with Gasteiger partial charge in [0.25, 0.3) is 0 Å². The summed E-state index contributed by atoms with van der Waals surface area (Å²) in [6, 6.07) is 4.17. The number of urea groups is 1. The van der Waals surface area contributed by atoms with E-state index in [-0.39, 0.29) is 0 Å². The molecule has 0 saturated carbocycles. The van der Waals surface area contributed by atoms with Crippen LogP contribution < -0.4 is 10.6 Å². The molecular formula is C10H10BrF3N2O. The summed E-state index contributed by atoms with van der Waals surface area (Å²) in [5.74, 6) is 0. The van der Waals surface area contributed by atoms with Crippen molar-refractivity contribution in [1.29, 1.82) is 0 Å². The number of amides is 2. The zero-order valence-corrected chi connectivity index (χ0v) is 10.4. The van der Waals surface area contributed by atoms with Gasteiger partial charge in [-0.3, -0.25) is 0 Å². The molecule has 0 radical (unpaired) electrons. The van der Waals surface area contributed by atoms with Crippen LogP contribution in [0.2, 0.25) is 0 Å². The minimum atomic E-state index is -4.41. The van der Waals surface area contributed by atoms with E-state index in [1.807, 2.05) is 0 Å².